The van der Waals surface area contributed by atoms with Crippen LogP contribution in [0, 0.1) is 11.3 Å². The number of aromatic amines is 1. The monoisotopic (exact) mass is 305 g/mol. The van der Waals surface area contributed by atoms with E-state index in [0.29, 0.717) is 11.4 Å². The summed E-state index contributed by atoms with van der Waals surface area (Å²) in [4.78, 5) is 14.7. The van der Waals surface area contributed by atoms with Gasteiger partial charge in [-0.25, -0.2) is 0 Å². The van der Waals surface area contributed by atoms with Crippen LogP contribution < -0.4 is 5.32 Å². The first-order valence-corrected chi connectivity index (χ1v) is 7.21. The second-order valence-electron chi connectivity index (χ2n) is 5.23. The van der Waals surface area contributed by atoms with Crippen molar-refractivity contribution < 1.29 is 9.90 Å². The molecular formula is C18H15N3O2. The third-order valence-electron chi connectivity index (χ3n) is 3.67. The molecule has 0 aliphatic heterocycles. The van der Waals surface area contributed by atoms with E-state index in [1.165, 1.54) is 12.1 Å². The van der Waals surface area contributed by atoms with Crippen LogP contribution in [0.15, 0.2) is 54.6 Å². The van der Waals surface area contributed by atoms with Crippen molar-refractivity contribution in [3.8, 4) is 6.07 Å². The van der Waals surface area contributed by atoms with Crippen molar-refractivity contribution in [1.82, 2.24) is 10.3 Å². The largest absolute Gasteiger partial charge is 0.387 e. The lowest BCUT2D eigenvalue weighted by molar-refractivity contribution is 0.0912. The molecule has 0 spiro atoms. The van der Waals surface area contributed by atoms with E-state index in [1.807, 2.05) is 48.5 Å². The van der Waals surface area contributed by atoms with Gasteiger partial charge in [-0.15, -0.1) is 0 Å². The molecule has 5 heteroatoms. The second kappa shape index (κ2) is 6.34. The van der Waals surface area contributed by atoms with E-state index in [9.17, 15) is 9.90 Å². The number of hydrogen-bond donors (Lipinski definition) is 3. The van der Waals surface area contributed by atoms with Crippen molar-refractivity contribution in [3.63, 3.8) is 0 Å². The highest BCUT2D eigenvalue weighted by Crippen LogP contribution is 2.20. The molecule has 3 N–H and O–H groups in total. The summed E-state index contributed by atoms with van der Waals surface area (Å²) in [5.74, 6) is -0.355. The summed E-state index contributed by atoms with van der Waals surface area (Å²) < 4.78 is 0. The van der Waals surface area contributed by atoms with Gasteiger partial charge in [0, 0.05) is 6.54 Å². The Hall–Kier alpha value is -3.10. The lowest BCUT2D eigenvalue weighted by Gasteiger charge is -2.12. The lowest BCUT2D eigenvalue weighted by atomic mass is 10.0. The van der Waals surface area contributed by atoms with Crippen LogP contribution in [0.4, 0.5) is 0 Å². The van der Waals surface area contributed by atoms with Gasteiger partial charge >= 0.3 is 0 Å². The zero-order valence-electron chi connectivity index (χ0n) is 12.3. The molecule has 0 aliphatic carbocycles. The highest BCUT2D eigenvalue weighted by atomic mass is 16.3. The highest BCUT2D eigenvalue weighted by molar-refractivity contribution is 5.92. The first-order chi connectivity index (χ1) is 11.2. The number of fused-ring (bicyclic) bond motifs is 1. The molecule has 0 saturated heterocycles. The number of hydrogen-bond acceptors (Lipinski definition) is 3. The smallest absolute Gasteiger partial charge is 0.267 e. The lowest BCUT2D eigenvalue weighted by Crippen LogP contribution is -2.28. The number of rotatable bonds is 4. The van der Waals surface area contributed by atoms with E-state index in [4.69, 9.17) is 5.26 Å². The van der Waals surface area contributed by atoms with E-state index >= 15 is 0 Å². The number of carbonyl (C=O) groups is 1. The molecule has 114 valence electrons. The van der Waals surface area contributed by atoms with Crippen LogP contribution in [0.2, 0.25) is 0 Å². The number of nitrogens with one attached hydrogen (secondary N) is 2. The Labute approximate surface area is 133 Å². The molecule has 0 radical (unpaired) electrons. The summed E-state index contributed by atoms with van der Waals surface area (Å²) in [5, 5.41) is 23.8. The van der Waals surface area contributed by atoms with Crippen molar-refractivity contribution in [1.29, 1.82) is 5.26 Å². The molecule has 2 aromatic carbocycles. The summed E-state index contributed by atoms with van der Waals surface area (Å²) in [5.41, 5.74) is 1.37. The summed E-state index contributed by atoms with van der Waals surface area (Å²) in [7, 11) is 0. The van der Waals surface area contributed by atoms with Crippen LogP contribution in [0.5, 0.6) is 0 Å². The van der Waals surface area contributed by atoms with Gasteiger partial charge in [-0.2, -0.15) is 5.26 Å². The number of benzene rings is 2. The average Bonchev–Trinajstić information content (AvgIpc) is 3.08. The first-order valence-electron chi connectivity index (χ1n) is 7.21. The van der Waals surface area contributed by atoms with E-state index in [0.717, 1.165) is 16.3 Å². The summed E-state index contributed by atoms with van der Waals surface area (Å²) >= 11 is 0. The molecule has 23 heavy (non-hydrogen) atoms. The Morgan fingerprint density at radius 3 is 2.70 bits per heavy atom. The van der Waals surface area contributed by atoms with Gasteiger partial charge in [0.25, 0.3) is 5.91 Å². The molecule has 5 nitrogen and oxygen atoms in total. The standard InChI is InChI=1S/C18H15N3O2/c19-10-15-7-8-16(21-15)18(23)20-11-17(22)14-6-5-12-3-1-2-4-13(12)9-14/h1-9,17,21-22H,11H2,(H,20,23). The number of amides is 1. The minimum atomic E-state index is -0.797. The van der Waals surface area contributed by atoms with Crippen LogP contribution in [0.1, 0.15) is 27.8 Å². The third kappa shape index (κ3) is 3.23. The normalized spacial score (nSPS) is 11.8. The number of aromatic nitrogens is 1. The molecule has 0 bridgehead atoms. The molecule has 0 aliphatic rings. The fraction of sp³-hybridized carbons (Fsp3) is 0.111. The van der Waals surface area contributed by atoms with Gasteiger partial charge in [0.05, 0.1) is 6.10 Å². The van der Waals surface area contributed by atoms with Crippen molar-refractivity contribution in [3.05, 3.63) is 71.5 Å². The van der Waals surface area contributed by atoms with Crippen molar-refractivity contribution >= 4 is 16.7 Å². The van der Waals surface area contributed by atoms with Gasteiger partial charge in [0.2, 0.25) is 0 Å². The summed E-state index contributed by atoms with van der Waals surface area (Å²) in [6, 6.07) is 18.6. The number of aliphatic hydroxyl groups excluding tert-OH is 1. The van der Waals surface area contributed by atoms with E-state index < -0.39 is 6.10 Å². The Balaban J connectivity index is 1.67. The van der Waals surface area contributed by atoms with Crippen LogP contribution in [0.3, 0.4) is 0 Å². The zero-order valence-corrected chi connectivity index (χ0v) is 12.3. The maximum Gasteiger partial charge on any atom is 0.267 e. The maximum absolute atomic E-state index is 12.0. The van der Waals surface area contributed by atoms with Gasteiger partial charge in [-0.1, -0.05) is 36.4 Å². The molecule has 3 rings (SSSR count). The fourth-order valence-electron chi connectivity index (χ4n) is 2.41. The Morgan fingerprint density at radius 1 is 1.17 bits per heavy atom. The molecule has 3 aromatic rings. The van der Waals surface area contributed by atoms with Gasteiger partial charge in [-0.3, -0.25) is 4.79 Å². The minimum absolute atomic E-state index is 0.0953. The van der Waals surface area contributed by atoms with Crippen LogP contribution in [0.25, 0.3) is 10.8 Å². The molecule has 1 atom stereocenters. The Kier molecular flexibility index (Phi) is 4.09. The highest BCUT2D eigenvalue weighted by Gasteiger charge is 2.12. The molecule has 1 unspecified atom stereocenters. The van der Waals surface area contributed by atoms with Crippen LogP contribution in [-0.4, -0.2) is 22.5 Å². The predicted octanol–water partition coefficient (Wildman–Crippen LogP) is 2.50. The molecule has 1 heterocycles. The SMILES string of the molecule is N#Cc1ccc(C(=O)NCC(O)c2ccc3ccccc3c2)[nH]1. The molecular weight excluding hydrogens is 290 g/mol. The molecule has 1 amide bonds. The average molecular weight is 305 g/mol. The zero-order chi connectivity index (χ0) is 16.2. The van der Waals surface area contributed by atoms with Crippen molar-refractivity contribution in [2.75, 3.05) is 6.54 Å². The van der Waals surface area contributed by atoms with Gasteiger partial charge < -0.3 is 15.4 Å². The number of nitriles is 1. The second-order valence-corrected chi connectivity index (χ2v) is 5.23. The minimum Gasteiger partial charge on any atom is -0.387 e. The van der Waals surface area contributed by atoms with Gasteiger partial charge in [0.15, 0.2) is 0 Å². The molecule has 0 saturated carbocycles. The number of H-pyrrole nitrogens is 1. The number of carbonyl (C=O) groups excluding carboxylic acids is 1. The summed E-state index contributed by atoms with van der Waals surface area (Å²) in [6.07, 6.45) is -0.797. The van der Waals surface area contributed by atoms with Crippen molar-refractivity contribution in [2.45, 2.75) is 6.10 Å². The maximum atomic E-state index is 12.0. The Morgan fingerprint density at radius 2 is 1.96 bits per heavy atom. The molecule has 1 aromatic heterocycles. The fourth-order valence-corrected chi connectivity index (χ4v) is 2.41. The van der Waals surface area contributed by atoms with Crippen LogP contribution in [-0.2, 0) is 0 Å². The third-order valence-corrected chi connectivity index (χ3v) is 3.67. The quantitative estimate of drug-likeness (QED) is 0.692. The van der Waals surface area contributed by atoms with E-state index in [2.05, 4.69) is 10.3 Å². The van der Waals surface area contributed by atoms with Crippen LogP contribution >= 0.6 is 0 Å². The molecule has 0 fully saturated rings. The van der Waals surface area contributed by atoms with Crippen molar-refractivity contribution in [2.24, 2.45) is 0 Å². The Bertz CT molecular complexity index is 892. The van der Waals surface area contributed by atoms with E-state index in [1.54, 1.807) is 0 Å². The topological polar surface area (TPSA) is 88.9 Å². The first kappa shape index (κ1) is 14.8. The predicted molar refractivity (Wildman–Crippen MR) is 86.7 cm³/mol. The van der Waals surface area contributed by atoms with Gasteiger partial charge in [0.1, 0.15) is 17.5 Å². The number of aliphatic hydroxyl groups is 1. The summed E-state index contributed by atoms with van der Waals surface area (Å²) in [6.45, 7) is 0.0953. The van der Waals surface area contributed by atoms with Gasteiger partial charge in [-0.05, 0) is 34.5 Å². The van der Waals surface area contributed by atoms with E-state index in [-0.39, 0.29) is 12.5 Å². The number of nitrogens with zero attached hydrogens (tertiary/aromatic N) is 1.